The first-order valence-corrected chi connectivity index (χ1v) is 8.47. The smallest absolute Gasteiger partial charge is 0.306 e. The molecule has 1 fully saturated rings. The summed E-state index contributed by atoms with van der Waals surface area (Å²) in [4.78, 5) is 15.9. The van der Waals surface area contributed by atoms with Crippen LogP contribution in [0.25, 0.3) is 0 Å². The number of aromatic nitrogens is 2. The van der Waals surface area contributed by atoms with Crippen LogP contribution in [0.4, 0.5) is 0 Å². The summed E-state index contributed by atoms with van der Waals surface area (Å²) in [7, 11) is 0. The first-order valence-electron chi connectivity index (χ1n) is 8.47. The largest absolute Gasteiger partial charge is 0.493 e. The van der Waals surface area contributed by atoms with Gasteiger partial charge in [-0.05, 0) is 18.6 Å². The lowest BCUT2D eigenvalue weighted by molar-refractivity contribution is -0.155. The van der Waals surface area contributed by atoms with E-state index in [1.807, 2.05) is 18.3 Å². The molecule has 0 spiro atoms. The van der Waals surface area contributed by atoms with Crippen LogP contribution < -0.4 is 14.2 Å². The number of hydrogen-bond donors (Lipinski definition) is 0. The average molecular weight is 344 g/mol. The van der Waals surface area contributed by atoms with Gasteiger partial charge in [0.15, 0.2) is 11.5 Å². The Bertz CT molecular complexity index is 725. The molecule has 1 aliphatic heterocycles. The minimum atomic E-state index is -0.164. The molecule has 1 aliphatic carbocycles. The van der Waals surface area contributed by atoms with E-state index in [1.165, 1.54) is 0 Å². The monoisotopic (exact) mass is 344 g/mol. The van der Waals surface area contributed by atoms with Gasteiger partial charge in [0.25, 0.3) is 0 Å². The fraction of sp³-hybridized carbons (Fsp3) is 0.444. The molecule has 0 saturated heterocycles. The highest BCUT2D eigenvalue weighted by molar-refractivity contribution is 5.69. The van der Waals surface area contributed by atoms with Crippen molar-refractivity contribution in [3.8, 4) is 17.2 Å². The molecule has 0 bridgehead atoms. The Morgan fingerprint density at radius 2 is 2.16 bits per heavy atom. The number of esters is 1. The number of carbonyl (C=O) groups is 1. The van der Waals surface area contributed by atoms with Gasteiger partial charge in [0, 0.05) is 43.8 Å². The highest BCUT2D eigenvalue weighted by Crippen LogP contribution is 2.35. The number of benzene rings is 1. The molecule has 0 N–H and O–H groups in total. The first-order chi connectivity index (χ1) is 12.3. The van der Waals surface area contributed by atoms with Gasteiger partial charge in [-0.15, -0.1) is 0 Å². The first kappa shape index (κ1) is 15.8. The zero-order valence-corrected chi connectivity index (χ0v) is 13.8. The minimum absolute atomic E-state index is 0.0229. The number of fused-ring (bicyclic) bond motifs is 1. The predicted octanol–water partition coefficient (Wildman–Crippen LogP) is 2.72. The van der Waals surface area contributed by atoms with E-state index in [2.05, 4.69) is 9.55 Å². The Morgan fingerprint density at radius 1 is 1.28 bits per heavy atom. The molecule has 7 nitrogen and oxygen atoms in total. The van der Waals surface area contributed by atoms with Crippen molar-refractivity contribution in [3.63, 3.8) is 0 Å². The second-order valence-electron chi connectivity index (χ2n) is 6.21. The molecule has 2 heterocycles. The quantitative estimate of drug-likeness (QED) is 0.568. The lowest BCUT2D eigenvalue weighted by Crippen LogP contribution is -2.34. The summed E-state index contributed by atoms with van der Waals surface area (Å²) in [5, 5.41) is 0. The number of carbonyl (C=O) groups excluding carboxylic acids is 1. The molecule has 4 rings (SSSR count). The zero-order chi connectivity index (χ0) is 17.1. The van der Waals surface area contributed by atoms with Gasteiger partial charge in [-0.25, -0.2) is 4.98 Å². The molecule has 1 aromatic carbocycles. The summed E-state index contributed by atoms with van der Waals surface area (Å²) in [5.74, 6) is 1.96. The van der Waals surface area contributed by atoms with Gasteiger partial charge in [0.05, 0.1) is 12.9 Å². The number of rotatable bonds is 7. The maximum atomic E-state index is 11.9. The minimum Gasteiger partial charge on any atom is -0.493 e. The molecule has 1 aromatic heterocycles. The van der Waals surface area contributed by atoms with E-state index in [-0.39, 0.29) is 18.9 Å². The third-order valence-corrected chi connectivity index (χ3v) is 4.45. The second-order valence-corrected chi connectivity index (χ2v) is 6.21. The molecule has 25 heavy (non-hydrogen) atoms. The van der Waals surface area contributed by atoms with E-state index in [9.17, 15) is 4.79 Å². The summed E-state index contributed by atoms with van der Waals surface area (Å²) in [6, 6.07) is 5.84. The highest BCUT2D eigenvalue weighted by atomic mass is 16.7. The normalized spacial score (nSPS) is 20.8. The Kier molecular flexibility index (Phi) is 4.45. The van der Waals surface area contributed by atoms with Crippen molar-refractivity contribution in [3.05, 3.63) is 36.9 Å². The van der Waals surface area contributed by atoms with Crippen LogP contribution in [0.15, 0.2) is 36.9 Å². The third-order valence-electron chi connectivity index (χ3n) is 4.45. The summed E-state index contributed by atoms with van der Waals surface area (Å²) in [5.41, 5.74) is 0. The molecular formula is C18H20N2O5. The van der Waals surface area contributed by atoms with Crippen LogP contribution in [0.5, 0.6) is 17.2 Å². The lowest BCUT2D eigenvalue weighted by Gasteiger charge is -2.35. The van der Waals surface area contributed by atoms with E-state index in [0.717, 1.165) is 18.6 Å². The SMILES string of the molecule is O=C(CCCOc1ccc2c(c1)OCO2)OC1CC(n2ccnc2)C1. The second kappa shape index (κ2) is 7.04. The van der Waals surface area contributed by atoms with Crippen LogP contribution in [-0.2, 0) is 9.53 Å². The van der Waals surface area contributed by atoms with Crippen molar-refractivity contribution >= 4 is 5.97 Å². The van der Waals surface area contributed by atoms with Gasteiger partial charge < -0.3 is 23.5 Å². The van der Waals surface area contributed by atoms with Crippen molar-refractivity contribution in [1.82, 2.24) is 9.55 Å². The Morgan fingerprint density at radius 3 is 3.00 bits per heavy atom. The maximum Gasteiger partial charge on any atom is 0.306 e. The average Bonchev–Trinajstić information content (AvgIpc) is 3.25. The third kappa shape index (κ3) is 3.70. The molecule has 2 aliphatic rings. The fourth-order valence-corrected chi connectivity index (χ4v) is 2.98. The molecule has 132 valence electrons. The van der Waals surface area contributed by atoms with Crippen LogP contribution >= 0.6 is 0 Å². The molecule has 0 amide bonds. The van der Waals surface area contributed by atoms with Gasteiger partial charge in [-0.1, -0.05) is 0 Å². The van der Waals surface area contributed by atoms with E-state index < -0.39 is 0 Å². The van der Waals surface area contributed by atoms with Crippen LogP contribution in [0, 0.1) is 0 Å². The van der Waals surface area contributed by atoms with Crippen molar-refractivity contribution < 1.29 is 23.7 Å². The van der Waals surface area contributed by atoms with Crippen molar-refractivity contribution in [2.75, 3.05) is 13.4 Å². The molecule has 1 saturated carbocycles. The van der Waals surface area contributed by atoms with Crippen molar-refractivity contribution in [2.24, 2.45) is 0 Å². The van der Waals surface area contributed by atoms with E-state index in [4.69, 9.17) is 18.9 Å². The highest BCUT2D eigenvalue weighted by Gasteiger charge is 2.32. The van der Waals surface area contributed by atoms with Crippen molar-refractivity contribution in [2.45, 2.75) is 37.8 Å². The zero-order valence-electron chi connectivity index (χ0n) is 13.8. The van der Waals surface area contributed by atoms with Gasteiger partial charge in [0.2, 0.25) is 6.79 Å². The summed E-state index contributed by atoms with van der Waals surface area (Å²) >= 11 is 0. The van der Waals surface area contributed by atoms with E-state index in [0.29, 0.717) is 37.0 Å². The number of ether oxygens (including phenoxy) is 4. The topological polar surface area (TPSA) is 71.8 Å². The summed E-state index contributed by atoms with van der Waals surface area (Å²) < 4.78 is 23.7. The van der Waals surface area contributed by atoms with Gasteiger partial charge in [-0.2, -0.15) is 0 Å². The summed E-state index contributed by atoms with van der Waals surface area (Å²) in [6.07, 6.45) is 8.22. The molecule has 0 atom stereocenters. The van der Waals surface area contributed by atoms with Crippen LogP contribution in [-0.4, -0.2) is 35.0 Å². The van der Waals surface area contributed by atoms with E-state index in [1.54, 1.807) is 18.6 Å². The van der Waals surface area contributed by atoms with Crippen LogP contribution in [0.2, 0.25) is 0 Å². The fourth-order valence-electron chi connectivity index (χ4n) is 2.98. The van der Waals surface area contributed by atoms with Crippen molar-refractivity contribution in [1.29, 1.82) is 0 Å². The number of imidazole rings is 1. The molecule has 0 unspecified atom stereocenters. The standard InChI is InChI=1S/C18H20N2O5/c21-18(25-15-8-13(9-15)20-6-5-19-11-20)2-1-7-22-14-3-4-16-17(10-14)24-12-23-16/h3-6,10-11,13,15H,1-2,7-9,12H2. The Balaban J connectivity index is 1.12. The number of nitrogens with zero attached hydrogens (tertiary/aromatic N) is 2. The lowest BCUT2D eigenvalue weighted by atomic mass is 9.89. The Labute approximate surface area is 145 Å². The van der Waals surface area contributed by atoms with Gasteiger partial charge in [-0.3, -0.25) is 4.79 Å². The molecule has 2 aromatic rings. The molecular weight excluding hydrogens is 324 g/mol. The maximum absolute atomic E-state index is 11.9. The number of hydrogen-bond acceptors (Lipinski definition) is 6. The summed E-state index contributed by atoms with van der Waals surface area (Å²) in [6.45, 7) is 0.699. The molecule has 0 radical (unpaired) electrons. The predicted molar refractivity (Wildman–Crippen MR) is 87.7 cm³/mol. The van der Waals surface area contributed by atoms with E-state index >= 15 is 0 Å². The van der Waals surface area contributed by atoms with Crippen LogP contribution in [0.3, 0.4) is 0 Å². The van der Waals surface area contributed by atoms with Gasteiger partial charge >= 0.3 is 5.97 Å². The Hall–Kier alpha value is -2.70. The van der Waals surface area contributed by atoms with Gasteiger partial charge in [0.1, 0.15) is 11.9 Å². The molecule has 7 heteroatoms. The van der Waals surface area contributed by atoms with Crippen LogP contribution in [0.1, 0.15) is 31.7 Å².